The number of fused-ring (bicyclic) bond motifs is 1. The normalized spacial score (nSPS) is 11.1. The van der Waals surface area contributed by atoms with Gasteiger partial charge in [-0.25, -0.2) is 0 Å². The summed E-state index contributed by atoms with van der Waals surface area (Å²) in [5.41, 5.74) is 4.78. The second-order valence-electron chi connectivity index (χ2n) is 5.90. The number of aromatic nitrogens is 1. The van der Waals surface area contributed by atoms with Gasteiger partial charge in [-0.3, -0.25) is 4.79 Å². The molecule has 0 fully saturated rings. The second-order valence-corrected chi connectivity index (χ2v) is 5.90. The maximum Gasteiger partial charge on any atom is 0.167 e. The Kier molecular flexibility index (Phi) is 4.20. The summed E-state index contributed by atoms with van der Waals surface area (Å²) < 4.78 is 7.71. The minimum absolute atomic E-state index is 0.418. The quantitative estimate of drug-likeness (QED) is 0.625. The summed E-state index contributed by atoms with van der Waals surface area (Å²) in [5.74, 6) is 1.23. The van der Waals surface area contributed by atoms with Crippen molar-refractivity contribution >= 4 is 11.8 Å². The molecule has 0 amide bonds. The van der Waals surface area contributed by atoms with Crippen molar-refractivity contribution in [2.75, 3.05) is 6.61 Å². The fraction of sp³-hybridized carbons (Fsp3) is 0.250. The van der Waals surface area contributed by atoms with E-state index in [0.717, 1.165) is 28.7 Å². The molecular formula is C20H21NO2. The summed E-state index contributed by atoms with van der Waals surface area (Å²) in [6.07, 6.45) is 2.83. The maximum atomic E-state index is 11.7. The van der Waals surface area contributed by atoms with Crippen molar-refractivity contribution in [3.05, 3.63) is 59.9 Å². The van der Waals surface area contributed by atoms with E-state index < -0.39 is 0 Å². The number of hydrogen-bond donors (Lipinski definition) is 0. The van der Waals surface area contributed by atoms with Crippen LogP contribution >= 0.6 is 0 Å². The smallest absolute Gasteiger partial charge is 0.167 e. The highest BCUT2D eigenvalue weighted by Crippen LogP contribution is 2.36. The van der Waals surface area contributed by atoms with Gasteiger partial charge >= 0.3 is 0 Å². The molecule has 3 nitrogen and oxygen atoms in total. The Morgan fingerprint density at radius 3 is 2.65 bits per heavy atom. The number of aldehydes is 1. The number of pyridine rings is 1. The van der Waals surface area contributed by atoms with E-state index in [-0.39, 0.29) is 0 Å². The predicted octanol–water partition coefficient (Wildman–Crippen LogP) is 4.94. The molecule has 0 unspecified atom stereocenters. The molecule has 23 heavy (non-hydrogen) atoms. The van der Waals surface area contributed by atoms with Gasteiger partial charge in [0.25, 0.3) is 0 Å². The molecule has 118 valence electrons. The fourth-order valence-corrected chi connectivity index (χ4v) is 2.88. The van der Waals surface area contributed by atoms with Crippen molar-refractivity contribution in [1.29, 1.82) is 0 Å². The lowest BCUT2D eigenvalue weighted by molar-refractivity contribution is 0.111. The largest absolute Gasteiger partial charge is 0.493 e. The second kappa shape index (κ2) is 6.29. The molecule has 0 bridgehead atoms. The molecule has 3 rings (SSSR count). The van der Waals surface area contributed by atoms with Gasteiger partial charge in [-0.2, -0.15) is 0 Å². The van der Waals surface area contributed by atoms with Gasteiger partial charge in [-0.1, -0.05) is 26.0 Å². The van der Waals surface area contributed by atoms with E-state index >= 15 is 0 Å². The fourth-order valence-electron chi connectivity index (χ4n) is 2.88. The molecule has 2 heterocycles. The molecular weight excluding hydrogens is 286 g/mol. The van der Waals surface area contributed by atoms with Gasteiger partial charge in [0.2, 0.25) is 0 Å². The summed E-state index contributed by atoms with van der Waals surface area (Å²) in [6, 6.07) is 14.2. The lowest BCUT2D eigenvalue weighted by atomic mass is 9.96. The average Bonchev–Trinajstić information content (AvgIpc) is 2.93. The number of ether oxygens (including phenoxy) is 1. The van der Waals surface area contributed by atoms with Crippen LogP contribution in [0.1, 0.15) is 42.7 Å². The molecule has 0 atom stereocenters. The Bertz CT molecular complexity index is 846. The van der Waals surface area contributed by atoms with Crippen molar-refractivity contribution < 1.29 is 9.53 Å². The van der Waals surface area contributed by atoms with Gasteiger partial charge in [0.15, 0.2) is 6.29 Å². The average molecular weight is 307 g/mol. The summed E-state index contributed by atoms with van der Waals surface area (Å²) >= 11 is 0. The third-order valence-electron chi connectivity index (χ3n) is 4.09. The molecule has 3 heteroatoms. The number of carbonyl (C=O) groups is 1. The Morgan fingerprint density at radius 1 is 1.13 bits per heavy atom. The first-order valence-electron chi connectivity index (χ1n) is 7.98. The molecule has 0 aliphatic heterocycles. The summed E-state index contributed by atoms with van der Waals surface area (Å²) in [5, 5.41) is 0. The van der Waals surface area contributed by atoms with Crippen LogP contribution in [-0.4, -0.2) is 17.3 Å². The lowest BCUT2D eigenvalue weighted by Crippen LogP contribution is -1.98. The Hall–Kier alpha value is -2.55. The van der Waals surface area contributed by atoms with Crippen LogP contribution in [0.25, 0.3) is 16.6 Å². The molecule has 0 aliphatic carbocycles. The molecule has 0 N–H and O–H groups in total. The van der Waals surface area contributed by atoms with Crippen molar-refractivity contribution in [1.82, 2.24) is 4.40 Å². The van der Waals surface area contributed by atoms with Crippen LogP contribution in [0.4, 0.5) is 0 Å². The Labute approximate surface area is 136 Å². The van der Waals surface area contributed by atoms with Crippen molar-refractivity contribution in [2.45, 2.75) is 26.7 Å². The monoisotopic (exact) mass is 307 g/mol. The van der Waals surface area contributed by atoms with Crippen LogP contribution in [0.15, 0.2) is 48.7 Å². The Balaban J connectivity index is 2.28. The van der Waals surface area contributed by atoms with Gasteiger partial charge < -0.3 is 9.14 Å². The third-order valence-corrected chi connectivity index (χ3v) is 4.09. The summed E-state index contributed by atoms with van der Waals surface area (Å²) in [6.45, 7) is 6.89. The number of nitrogens with zero attached hydrogens (tertiary/aromatic N) is 1. The molecule has 0 saturated heterocycles. The highest BCUT2D eigenvalue weighted by atomic mass is 16.5. The van der Waals surface area contributed by atoms with E-state index in [4.69, 9.17) is 4.74 Å². The van der Waals surface area contributed by atoms with E-state index in [1.807, 2.05) is 47.9 Å². The summed E-state index contributed by atoms with van der Waals surface area (Å²) in [4.78, 5) is 11.7. The zero-order chi connectivity index (χ0) is 16.4. The maximum absolute atomic E-state index is 11.7. The van der Waals surface area contributed by atoms with Crippen LogP contribution in [0, 0.1) is 0 Å². The van der Waals surface area contributed by atoms with Crippen LogP contribution in [0.2, 0.25) is 0 Å². The predicted molar refractivity (Wildman–Crippen MR) is 93.5 cm³/mol. The van der Waals surface area contributed by atoms with Crippen LogP contribution in [0.5, 0.6) is 5.75 Å². The standard InChI is InChI=1S/C20H21NO2/c1-4-23-20-9-8-15(14(2)3)11-18(20)17-12-16-7-5-6-10-21(16)19(17)13-22/h5-14H,4H2,1-3H3. The first-order valence-corrected chi connectivity index (χ1v) is 7.98. The van der Waals surface area contributed by atoms with Crippen LogP contribution < -0.4 is 4.74 Å². The SMILES string of the molecule is CCOc1ccc(C(C)C)cc1-c1cc2ccccn2c1C=O. The van der Waals surface area contributed by atoms with Gasteiger partial charge in [-0.15, -0.1) is 0 Å². The minimum Gasteiger partial charge on any atom is -0.493 e. The third kappa shape index (κ3) is 2.74. The van der Waals surface area contributed by atoms with E-state index in [9.17, 15) is 4.79 Å². The first-order chi connectivity index (χ1) is 11.2. The number of hydrogen-bond acceptors (Lipinski definition) is 2. The van der Waals surface area contributed by atoms with Gasteiger partial charge in [0, 0.05) is 22.8 Å². The van der Waals surface area contributed by atoms with E-state index in [2.05, 4.69) is 26.0 Å². The minimum atomic E-state index is 0.418. The lowest BCUT2D eigenvalue weighted by Gasteiger charge is -2.14. The van der Waals surface area contributed by atoms with Crippen molar-refractivity contribution in [2.24, 2.45) is 0 Å². The topological polar surface area (TPSA) is 30.7 Å². The molecule has 0 saturated carbocycles. The molecule has 1 aromatic carbocycles. The molecule has 0 aliphatic rings. The van der Waals surface area contributed by atoms with Crippen LogP contribution in [-0.2, 0) is 0 Å². The number of carbonyl (C=O) groups excluding carboxylic acids is 1. The zero-order valence-electron chi connectivity index (χ0n) is 13.7. The van der Waals surface area contributed by atoms with Gasteiger partial charge in [0.05, 0.1) is 12.3 Å². The van der Waals surface area contributed by atoms with Crippen LogP contribution in [0.3, 0.4) is 0 Å². The van der Waals surface area contributed by atoms with Crippen molar-refractivity contribution in [3.63, 3.8) is 0 Å². The van der Waals surface area contributed by atoms with Gasteiger partial charge in [-0.05, 0) is 48.7 Å². The summed E-state index contributed by atoms with van der Waals surface area (Å²) in [7, 11) is 0. The van der Waals surface area contributed by atoms with Gasteiger partial charge in [0.1, 0.15) is 5.75 Å². The van der Waals surface area contributed by atoms with E-state index in [1.165, 1.54) is 5.56 Å². The molecule has 0 spiro atoms. The number of benzene rings is 1. The van der Waals surface area contributed by atoms with Crippen molar-refractivity contribution in [3.8, 4) is 16.9 Å². The molecule has 2 aromatic heterocycles. The Morgan fingerprint density at radius 2 is 1.96 bits per heavy atom. The highest BCUT2D eigenvalue weighted by molar-refractivity contribution is 5.91. The number of rotatable bonds is 5. The zero-order valence-corrected chi connectivity index (χ0v) is 13.7. The highest BCUT2D eigenvalue weighted by Gasteiger charge is 2.16. The molecule has 0 radical (unpaired) electrons. The molecule has 3 aromatic rings. The van der Waals surface area contributed by atoms with E-state index in [1.54, 1.807) is 0 Å². The first kappa shape index (κ1) is 15.3. The van der Waals surface area contributed by atoms with E-state index in [0.29, 0.717) is 18.2 Å².